The molecule has 4 heterocycles. The third kappa shape index (κ3) is 4.24. The average molecular weight is 448 g/mol. The van der Waals surface area contributed by atoms with Gasteiger partial charge in [-0.05, 0) is 81.1 Å². The van der Waals surface area contributed by atoms with Crippen LogP contribution in [-0.4, -0.2) is 61.6 Å². The summed E-state index contributed by atoms with van der Waals surface area (Å²) in [6.07, 6.45) is 3.83. The number of fused-ring (bicyclic) bond motifs is 4. The molecule has 174 valence electrons. The largest absolute Gasteiger partial charge is 0.449 e. The molecule has 3 saturated heterocycles. The minimum absolute atomic E-state index is 0.0932. The Balaban J connectivity index is 1.41. The van der Waals surface area contributed by atoms with E-state index in [9.17, 15) is 9.59 Å². The monoisotopic (exact) mass is 447 g/mol. The molecule has 3 fully saturated rings. The molecular weight excluding hydrogens is 414 g/mol. The highest BCUT2D eigenvalue weighted by Crippen LogP contribution is 2.41. The fraction of sp³-hybridized carbons (Fsp3) is 0.481. The van der Waals surface area contributed by atoms with Crippen LogP contribution in [0.2, 0.25) is 0 Å². The molecule has 0 aliphatic carbocycles. The van der Waals surface area contributed by atoms with Crippen molar-refractivity contribution in [2.45, 2.75) is 38.6 Å². The number of ether oxygens (including phenoxy) is 1. The van der Waals surface area contributed by atoms with Crippen molar-refractivity contribution in [3.63, 3.8) is 0 Å². The van der Waals surface area contributed by atoms with Crippen LogP contribution in [0.5, 0.6) is 0 Å². The van der Waals surface area contributed by atoms with Gasteiger partial charge in [-0.15, -0.1) is 0 Å². The zero-order valence-corrected chi connectivity index (χ0v) is 19.6. The van der Waals surface area contributed by atoms with E-state index < -0.39 is 0 Å². The summed E-state index contributed by atoms with van der Waals surface area (Å²) in [5.41, 5.74) is 5.23. The molecule has 33 heavy (non-hydrogen) atoms. The van der Waals surface area contributed by atoms with Gasteiger partial charge < -0.3 is 15.0 Å². The second kappa shape index (κ2) is 8.82. The smallest absolute Gasteiger partial charge is 0.410 e. The van der Waals surface area contributed by atoms with E-state index >= 15 is 0 Å². The van der Waals surface area contributed by atoms with Crippen molar-refractivity contribution < 1.29 is 14.3 Å². The summed E-state index contributed by atoms with van der Waals surface area (Å²) >= 11 is 0. The SMILES string of the molecule is CNC(=O)c1ccc2c(c1)CCN(C(=O)OCC13CCN(CC1)CC3)[C@H]2c1ccc(C)cc1. The fourth-order valence-electron chi connectivity index (χ4n) is 5.63. The van der Waals surface area contributed by atoms with E-state index in [2.05, 4.69) is 41.4 Å². The molecule has 0 saturated carbocycles. The Hall–Kier alpha value is -2.86. The van der Waals surface area contributed by atoms with Gasteiger partial charge in [0, 0.05) is 24.6 Å². The second-order valence-electron chi connectivity index (χ2n) is 9.90. The van der Waals surface area contributed by atoms with Crippen molar-refractivity contribution in [3.05, 3.63) is 70.3 Å². The average Bonchev–Trinajstić information content (AvgIpc) is 2.87. The number of nitrogens with zero attached hydrogens (tertiary/aromatic N) is 2. The van der Waals surface area contributed by atoms with Crippen molar-refractivity contribution in [2.75, 3.05) is 39.8 Å². The highest BCUT2D eigenvalue weighted by molar-refractivity contribution is 5.94. The van der Waals surface area contributed by atoms with Gasteiger partial charge in [0.1, 0.15) is 0 Å². The number of rotatable bonds is 4. The van der Waals surface area contributed by atoms with Gasteiger partial charge in [0.2, 0.25) is 0 Å². The molecular formula is C27H33N3O3. The summed E-state index contributed by atoms with van der Waals surface area (Å²) in [7, 11) is 1.64. The molecule has 0 aromatic heterocycles. The molecule has 2 aromatic carbocycles. The molecule has 6 nitrogen and oxygen atoms in total. The lowest BCUT2D eigenvalue weighted by Crippen LogP contribution is -2.51. The Bertz CT molecular complexity index is 1030. The van der Waals surface area contributed by atoms with Gasteiger partial charge in [-0.25, -0.2) is 4.79 Å². The molecule has 1 atom stereocenters. The number of aryl methyl sites for hydroxylation is 1. The summed E-state index contributed by atoms with van der Waals surface area (Å²) in [5.74, 6) is -0.0932. The van der Waals surface area contributed by atoms with Gasteiger partial charge in [0.05, 0.1) is 12.6 Å². The van der Waals surface area contributed by atoms with Crippen molar-refractivity contribution in [2.24, 2.45) is 5.41 Å². The lowest BCUT2D eigenvalue weighted by atomic mass is 9.73. The number of benzene rings is 2. The topological polar surface area (TPSA) is 61.9 Å². The normalized spacial score (nSPS) is 25.9. The van der Waals surface area contributed by atoms with Crippen molar-refractivity contribution in [1.29, 1.82) is 0 Å². The van der Waals surface area contributed by atoms with Crippen LogP contribution in [0.1, 0.15) is 57.9 Å². The Morgan fingerprint density at radius 2 is 1.73 bits per heavy atom. The highest BCUT2D eigenvalue weighted by atomic mass is 16.6. The lowest BCUT2D eigenvalue weighted by molar-refractivity contribution is -0.0300. The maximum absolute atomic E-state index is 13.4. The van der Waals surface area contributed by atoms with E-state index in [4.69, 9.17) is 4.74 Å². The van der Waals surface area contributed by atoms with Crippen LogP contribution in [0.25, 0.3) is 0 Å². The van der Waals surface area contributed by atoms with Crippen LogP contribution in [-0.2, 0) is 11.2 Å². The molecule has 6 rings (SSSR count). The summed E-state index contributed by atoms with van der Waals surface area (Å²) < 4.78 is 6.01. The predicted molar refractivity (Wildman–Crippen MR) is 127 cm³/mol. The minimum atomic E-state index is -0.232. The summed E-state index contributed by atoms with van der Waals surface area (Å²) in [4.78, 5) is 30.0. The third-order valence-electron chi connectivity index (χ3n) is 7.87. The van der Waals surface area contributed by atoms with E-state index in [1.54, 1.807) is 7.05 Å². The van der Waals surface area contributed by atoms with E-state index in [0.29, 0.717) is 25.1 Å². The number of hydrogen-bond acceptors (Lipinski definition) is 4. The standard InChI is InChI=1S/C27H33N3O3/c1-19-3-5-20(6-4-19)24-23-8-7-22(25(31)28-2)17-21(23)9-13-30(24)26(32)33-18-27-10-14-29(15-11-27)16-12-27/h3-8,17,24H,9-16,18H2,1-2H3,(H,28,31)/t24-/m0/s1. The first-order valence-corrected chi connectivity index (χ1v) is 12.1. The summed E-state index contributed by atoms with van der Waals surface area (Å²) in [6, 6.07) is 14.0. The van der Waals surface area contributed by atoms with Crippen molar-refractivity contribution in [1.82, 2.24) is 15.1 Å². The molecule has 2 bridgehead atoms. The van der Waals surface area contributed by atoms with Crippen molar-refractivity contribution >= 4 is 12.0 Å². The lowest BCUT2D eigenvalue weighted by Gasteiger charge is -2.48. The van der Waals surface area contributed by atoms with Gasteiger partial charge in [-0.1, -0.05) is 35.9 Å². The van der Waals surface area contributed by atoms with Gasteiger partial charge in [0.25, 0.3) is 5.91 Å². The van der Waals surface area contributed by atoms with E-state index in [0.717, 1.165) is 55.6 Å². The van der Waals surface area contributed by atoms with Crippen LogP contribution in [0.15, 0.2) is 42.5 Å². The summed E-state index contributed by atoms with van der Waals surface area (Å²) in [6.45, 7) is 6.51. The number of piperidine rings is 3. The quantitative estimate of drug-likeness (QED) is 0.772. The molecule has 6 heteroatoms. The fourth-order valence-corrected chi connectivity index (χ4v) is 5.63. The number of carbonyl (C=O) groups excluding carboxylic acids is 2. The maximum atomic E-state index is 13.4. The number of nitrogens with one attached hydrogen (secondary N) is 1. The van der Waals surface area contributed by atoms with Crippen LogP contribution in [0.4, 0.5) is 4.79 Å². The minimum Gasteiger partial charge on any atom is -0.449 e. The molecule has 2 aromatic rings. The highest BCUT2D eigenvalue weighted by Gasteiger charge is 2.41. The molecule has 0 unspecified atom stereocenters. The molecule has 1 N–H and O–H groups in total. The predicted octanol–water partition coefficient (Wildman–Crippen LogP) is 3.92. The van der Waals surface area contributed by atoms with Gasteiger partial charge in [-0.2, -0.15) is 0 Å². The van der Waals surface area contributed by atoms with Gasteiger partial charge >= 0.3 is 6.09 Å². The molecule has 4 aliphatic heterocycles. The van der Waals surface area contributed by atoms with Crippen LogP contribution in [0, 0.1) is 12.3 Å². The summed E-state index contributed by atoms with van der Waals surface area (Å²) in [5, 5.41) is 2.70. The van der Waals surface area contributed by atoms with Gasteiger partial charge in [0.15, 0.2) is 0 Å². The van der Waals surface area contributed by atoms with E-state index in [-0.39, 0.29) is 23.5 Å². The van der Waals surface area contributed by atoms with Gasteiger partial charge in [-0.3, -0.25) is 9.69 Å². The maximum Gasteiger partial charge on any atom is 0.410 e. The van der Waals surface area contributed by atoms with Crippen LogP contribution >= 0.6 is 0 Å². The number of hydrogen-bond donors (Lipinski definition) is 1. The first-order valence-electron chi connectivity index (χ1n) is 12.1. The van der Waals surface area contributed by atoms with E-state index in [1.807, 2.05) is 23.1 Å². The third-order valence-corrected chi connectivity index (χ3v) is 7.87. The van der Waals surface area contributed by atoms with Crippen molar-refractivity contribution in [3.8, 4) is 0 Å². The molecule has 0 radical (unpaired) electrons. The van der Waals surface area contributed by atoms with Crippen LogP contribution < -0.4 is 5.32 Å². The Morgan fingerprint density at radius 3 is 2.39 bits per heavy atom. The number of carbonyl (C=O) groups is 2. The Labute approximate surface area is 195 Å². The first kappa shape index (κ1) is 22.0. The number of amides is 2. The molecule has 2 amide bonds. The second-order valence-corrected chi connectivity index (χ2v) is 9.90. The molecule has 0 spiro atoms. The van der Waals surface area contributed by atoms with E-state index in [1.165, 1.54) is 5.56 Å². The molecule has 4 aliphatic rings. The zero-order valence-electron chi connectivity index (χ0n) is 19.6. The van der Waals surface area contributed by atoms with Crippen LogP contribution in [0.3, 0.4) is 0 Å². The Morgan fingerprint density at radius 1 is 1.03 bits per heavy atom. The Kier molecular flexibility index (Phi) is 5.87. The first-order chi connectivity index (χ1) is 16.0. The zero-order chi connectivity index (χ0) is 23.0.